The van der Waals surface area contributed by atoms with E-state index in [0.29, 0.717) is 29.1 Å². The maximum atomic E-state index is 12.8. The number of rotatable bonds is 2. The van der Waals surface area contributed by atoms with Gasteiger partial charge in [-0.1, -0.05) is 31.2 Å². The van der Waals surface area contributed by atoms with Gasteiger partial charge < -0.3 is 24.6 Å². The number of likely N-dealkylation sites (N-methyl/N-ethyl adjacent to an activating group) is 1. The molecule has 0 spiro atoms. The zero-order valence-corrected chi connectivity index (χ0v) is 16.0. The third-order valence-electron chi connectivity index (χ3n) is 5.29. The lowest BCUT2D eigenvalue weighted by atomic mass is 9.85. The Bertz CT molecular complexity index is 1110. The van der Waals surface area contributed by atoms with E-state index >= 15 is 0 Å². The highest BCUT2D eigenvalue weighted by molar-refractivity contribution is 6.33. The van der Waals surface area contributed by atoms with Crippen LogP contribution in [0.2, 0.25) is 5.02 Å². The summed E-state index contributed by atoms with van der Waals surface area (Å²) in [7, 11) is 1.91. The lowest BCUT2D eigenvalue weighted by molar-refractivity contribution is 0.0630. The van der Waals surface area contributed by atoms with Crippen molar-refractivity contribution in [2.75, 3.05) is 20.1 Å². The van der Waals surface area contributed by atoms with Gasteiger partial charge in [-0.15, -0.1) is 0 Å². The Morgan fingerprint density at radius 2 is 1.90 bits per heavy atom. The number of aromatic hydroxyl groups is 2. The maximum absolute atomic E-state index is 12.8. The van der Waals surface area contributed by atoms with Crippen molar-refractivity contribution in [2.45, 2.75) is 25.9 Å². The SMILES string of the molecule is C.CN1CCC(c2c(O)cc(O)c3c(=O)cc(-c4ccccc4Cl)oc23)C(O)C1. The molecule has 1 fully saturated rings. The predicted molar refractivity (Wildman–Crippen MR) is 114 cm³/mol. The third-order valence-corrected chi connectivity index (χ3v) is 5.62. The van der Waals surface area contributed by atoms with Gasteiger partial charge in [-0.05, 0) is 32.1 Å². The summed E-state index contributed by atoms with van der Waals surface area (Å²) in [6.07, 6.45) is -0.169. The molecule has 29 heavy (non-hydrogen) atoms. The second-order valence-electron chi connectivity index (χ2n) is 7.21. The predicted octanol–water partition coefficient (Wildman–Crippen LogP) is 3.94. The van der Waals surface area contributed by atoms with Crippen LogP contribution in [0.5, 0.6) is 11.5 Å². The van der Waals surface area contributed by atoms with E-state index in [1.807, 2.05) is 11.9 Å². The number of halogens is 1. The Labute approximate surface area is 173 Å². The van der Waals surface area contributed by atoms with Gasteiger partial charge >= 0.3 is 0 Å². The van der Waals surface area contributed by atoms with Crippen LogP contribution < -0.4 is 5.43 Å². The van der Waals surface area contributed by atoms with E-state index in [1.54, 1.807) is 24.3 Å². The lowest BCUT2D eigenvalue weighted by Gasteiger charge is -2.34. The number of aliphatic hydroxyl groups excluding tert-OH is 1. The molecule has 2 aromatic carbocycles. The van der Waals surface area contributed by atoms with Crippen molar-refractivity contribution < 1.29 is 19.7 Å². The van der Waals surface area contributed by atoms with E-state index in [4.69, 9.17) is 16.0 Å². The van der Waals surface area contributed by atoms with Gasteiger partial charge in [-0.25, -0.2) is 0 Å². The minimum Gasteiger partial charge on any atom is -0.507 e. The normalized spacial score (nSPS) is 19.8. The van der Waals surface area contributed by atoms with Crippen LogP contribution in [-0.4, -0.2) is 46.5 Å². The van der Waals surface area contributed by atoms with Gasteiger partial charge in [0.15, 0.2) is 5.43 Å². The van der Waals surface area contributed by atoms with Crippen LogP contribution >= 0.6 is 11.6 Å². The first kappa shape index (κ1) is 21.2. The lowest BCUT2D eigenvalue weighted by Crippen LogP contribution is -2.40. The number of β-amino-alcohol motifs (C(OH)–C–C–N with tert-alkyl or cyclic N) is 1. The minimum absolute atomic E-state index is 0. The first-order valence-electron chi connectivity index (χ1n) is 9.01. The summed E-state index contributed by atoms with van der Waals surface area (Å²) < 4.78 is 6.00. The second-order valence-corrected chi connectivity index (χ2v) is 7.62. The number of aliphatic hydroxyl groups is 1. The summed E-state index contributed by atoms with van der Waals surface area (Å²) in [5, 5.41) is 31.8. The number of piperidine rings is 1. The summed E-state index contributed by atoms with van der Waals surface area (Å²) in [6, 6.07) is 9.35. The zero-order valence-electron chi connectivity index (χ0n) is 15.2. The van der Waals surface area contributed by atoms with Crippen molar-refractivity contribution >= 4 is 22.6 Å². The molecule has 0 radical (unpaired) electrons. The Morgan fingerprint density at radius 3 is 2.59 bits per heavy atom. The van der Waals surface area contributed by atoms with E-state index in [0.717, 1.165) is 12.6 Å². The van der Waals surface area contributed by atoms with Crippen molar-refractivity contribution in [3.8, 4) is 22.8 Å². The molecule has 2 heterocycles. The molecule has 3 aromatic rings. The third kappa shape index (κ3) is 3.71. The van der Waals surface area contributed by atoms with Gasteiger partial charge in [0.05, 0.1) is 11.1 Å². The molecule has 6 nitrogen and oxygen atoms in total. The molecule has 0 bridgehead atoms. The minimum atomic E-state index is -0.744. The molecule has 1 aromatic heterocycles. The van der Waals surface area contributed by atoms with E-state index in [1.165, 1.54) is 6.07 Å². The fourth-order valence-corrected chi connectivity index (χ4v) is 4.13. The van der Waals surface area contributed by atoms with Gasteiger partial charge in [0.2, 0.25) is 0 Å². The van der Waals surface area contributed by atoms with Crippen molar-refractivity contribution in [3.63, 3.8) is 0 Å². The topological polar surface area (TPSA) is 94.1 Å². The summed E-state index contributed by atoms with van der Waals surface area (Å²) in [6.45, 7) is 1.15. The van der Waals surface area contributed by atoms with Gasteiger partial charge in [0.1, 0.15) is 28.2 Å². The molecule has 0 saturated carbocycles. The molecule has 4 rings (SSSR count). The van der Waals surface area contributed by atoms with Gasteiger partial charge in [0.25, 0.3) is 0 Å². The fraction of sp³-hybridized carbons (Fsp3) is 0.318. The first-order chi connectivity index (χ1) is 13.4. The van der Waals surface area contributed by atoms with Crippen LogP contribution in [-0.2, 0) is 0 Å². The summed E-state index contributed by atoms with van der Waals surface area (Å²) in [4.78, 5) is 14.8. The molecule has 2 atom stereocenters. The quantitative estimate of drug-likeness (QED) is 0.584. The summed E-state index contributed by atoms with van der Waals surface area (Å²) in [5.41, 5.74) is 0.492. The number of fused-ring (bicyclic) bond motifs is 1. The Balaban J connectivity index is 0.00000240. The number of phenolic OH excluding ortho intramolecular Hbond substituents is 2. The van der Waals surface area contributed by atoms with Crippen molar-refractivity contribution in [1.29, 1.82) is 0 Å². The van der Waals surface area contributed by atoms with Crippen molar-refractivity contribution in [1.82, 2.24) is 4.90 Å². The fourth-order valence-electron chi connectivity index (χ4n) is 3.90. The molecule has 0 amide bonds. The molecule has 1 saturated heterocycles. The van der Waals surface area contributed by atoms with E-state index in [2.05, 4.69) is 0 Å². The highest BCUT2D eigenvalue weighted by Crippen LogP contribution is 2.42. The van der Waals surface area contributed by atoms with E-state index in [9.17, 15) is 20.1 Å². The highest BCUT2D eigenvalue weighted by atomic mass is 35.5. The van der Waals surface area contributed by atoms with Gasteiger partial charge in [0, 0.05) is 35.7 Å². The van der Waals surface area contributed by atoms with Gasteiger partial charge in [-0.2, -0.15) is 0 Å². The molecular formula is C22H24ClNO5. The number of hydrogen-bond acceptors (Lipinski definition) is 6. The molecule has 0 aliphatic carbocycles. The molecular weight excluding hydrogens is 394 g/mol. The Hall–Kier alpha value is -2.54. The van der Waals surface area contributed by atoms with E-state index in [-0.39, 0.29) is 35.7 Å². The molecule has 7 heteroatoms. The van der Waals surface area contributed by atoms with Crippen LogP contribution in [0.3, 0.4) is 0 Å². The Morgan fingerprint density at radius 1 is 1.17 bits per heavy atom. The smallest absolute Gasteiger partial charge is 0.197 e. The number of likely N-dealkylation sites (tertiary alicyclic amines) is 1. The average Bonchev–Trinajstić information content (AvgIpc) is 2.63. The molecule has 1 aliphatic rings. The van der Waals surface area contributed by atoms with Crippen LogP contribution in [0.4, 0.5) is 0 Å². The Kier molecular flexibility index (Phi) is 5.89. The maximum Gasteiger partial charge on any atom is 0.197 e. The summed E-state index contributed by atoms with van der Waals surface area (Å²) in [5.74, 6) is -0.767. The second kappa shape index (κ2) is 8.06. The van der Waals surface area contributed by atoms with Crippen molar-refractivity contribution in [3.05, 3.63) is 57.2 Å². The first-order valence-corrected chi connectivity index (χ1v) is 9.38. The standard InChI is InChI=1S/C21H20ClNO5.CH4/c1-23-7-6-12(17(27)10-23)19-14(24)8-15(25)20-16(26)9-18(28-21(19)20)11-4-2-3-5-13(11)22;/h2-5,8-9,12,17,24-25,27H,6-7,10H2,1H3;1H4. The summed E-state index contributed by atoms with van der Waals surface area (Å²) >= 11 is 6.25. The van der Waals surface area contributed by atoms with Gasteiger partial charge in [-0.3, -0.25) is 4.79 Å². The largest absolute Gasteiger partial charge is 0.507 e. The molecule has 154 valence electrons. The van der Waals surface area contributed by atoms with E-state index < -0.39 is 17.5 Å². The van der Waals surface area contributed by atoms with Crippen LogP contribution in [0.1, 0.15) is 25.3 Å². The molecule has 3 N–H and O–H groups in total. The monoisotopic (exact) mass is 417 g/mol. The van der Waals surface area contributed by atoms with Crippen LogP contribution in [0.15, 0.2) is 45.6 Å². The number of phenols is 2. The van der Waals surface area contributed by atoms with Crippen LogP contribution in [0, 0.1) is 0 Å². The number of benzene rings is 2. The highest BCUT2D eigenvalue weighted by Gasteiger charge is 2.33. The molecule has 1 aliphatic heterocycles. The average molecular weight is 418 g/mol. The zero-order chi connectivity index (χ0) is 20.0. The van der Waals surface area contributed by atoms with Crippen LogP contribution in [0.25, 0.3) is 22.3 Å². The molecule has 2 unspecified atom stereocenters. The number of nitrogens with zero attached hydrogens (tertiary/aromatic N) is 1. The number of hydrogen-bond donors (Lipinski definition) is 3. The van der Waals surface area contributed by atoms with Crippen molar-refractivity contribution in [2.24, 2.45) is 0 Å².